The molecule has 0 saturated heterocycles. The lowest BCUT2D eigenvalue weighted by Crippen LogP contribution is -2.27. The Kier molecular flexibility index (Phi) is 3.97. The molecule has 0 bridgehead atoms. The maximum atomic E-state index is 5.09. The van der Waals surface area contributed by atoms with Crippen LogP contribution in [0, 0.1) is 5.92 Å². The maximum Gasteiger partial charge on any atom is 0.0713 e. The third-order valence-electron chi connectivity index (χ3n) is 3.29. The largest absolute Gasteiger partial charge is 0.380 e. The van der Waals surface area contributed by atoms with Gasteiger partial charge in [-0.25, -0.2) is 0 Å². The molecule has 2 nitrogen and oxygen atoms in total. The van der Waals surface area contributed by atoms with Gasteiger partial charge in [0.05, 0.1) is 6.61 Å². The second-order valence-electron chi connectivity index (χ2n) is 4.76. The molecule has 0 amide bonds. The zero-order chi connectivity index (χ0) is 11.4. The molecule has 1 aliphatic carbocycles. The first-order valence-electron chi connectivity index (χ1n) is 6.09. The first kappa shape index (κ1) is 11.6. The van der Waals surface area contributed by atoms with Crippen molar-refractivity contribution in [2.24, 2.45) is 5.92 Å². The standard InChI is InChI=1S/C14H21NO/c1-11(14-7-8-14)15-9-12-3-5-13(6-4-12)10-16-2/h3-6,11,14-15H,7-10H2,1-2H3. The van der Waals surface area contributed by atoms with Gasteiger partial charge < -0.3 is 10.1 Å². The molecule has 1 aromatic rings. The minimum Gasteiger partial charge on any atom is -0.380 e. The lowest BCUT2D eigenvalue weighted by molar-refractivity contribution is 0.185. The lowest BCUT2D eigenvalue weighted by atomic mass is 10.1. The summed E-state index contributed by atoms with van der Waals surface area (Å²) in [6.45, 7) is 3.97. The molecule has 1 aliphatic rings. The predicted octanol–water partition coefficient (Wildman–Crippen LogP) is 2.72. The molecule has 1 unspecified atom stereocenters. The number of benzene rings is 1. The van der Waals surface area contributed by atoms with E-state index in [-0.39, 0.29) is 0 Å². The number of rotatable bonds is 6. The van der Waals surface area contributed by atoms with Crippen molar-refractivity contribution in [1.82, 2.24) is 5.32 Å². The van der Waals surface area contributed by atoms with Crippen molar-refractivity contribution in [2.45, 2.75) is 39.0 Å². The Labute approximate surface area is 98.0 Å². The van der Waals surface area contributed by atoms with E-state index in [4.69, 9.17) is 4.74 Å². The molecule has 1 atom stereocenters. The molecule has 0 spiro atoms. The van der Waals surface area contributed by atoms with E-state index in [0.717, 1.165) is 12.5 Å². The fourth-order valence-electron chi connectivity index (χ4n) is 1.96. The van der Waals surface area contributed by atoms with Crippen molar-refractivity contribution < 1.29 is 4.74 Å². The van der Waals surface area contributed by atoms with E-state index in [2.05, 4.69) is 36.5 Å². The number of ether oxygens (including phenoxy) is 1. The minimum atomic E-state index is 0.665. The molecule has 1 saturated carbocycles. The van der Waals surface area contributed by atoms with Gasteiger partial charge >= 0.3 is 0 Å². The Hall–Kier alpha value is -0.860. The highest BCUT2D eigenvalue weighted by atomic mass is 16.5. The zero-order valence-corrected chi connectivity index (χ0v) is 10.2. The molecular formula is C14H21NO. The van der Waals surface area contributed by atoms with Crippen LogP contribution in [0.2, 0.25) is 0 Å². The van der Waals surface area contributed by atoms with Crippen LogP contribution in [0.25, 0.3) is 0 Å². The SMILES string of the molecule is COCc1ccc(CNC(C)C2CC2)cc1. The van der Waals surface area contributed by atoms with E-state index in [1.807, 2.05) is 0 Å². The van der Waals surface area contributed by atoms with Gasteiger partial charge in [0.1, 0.15) is 0 Å². The van der Waals surface area contributed by atoms with E-state index >= 15 is 0 Å². The molecule has 16 heavy (non-hydrogen) atoms. The number of hydrogen-bond acceptors (Lipinski definition) is 2. The van der Waals surface area contributed by atoms with Gasteiger partial charge in [-0.1, -0.05) is 24.3 Å². The second-order valence-corrected chi connectivity index (χ2v) is 4.76. The molecule has 1 fully saturated rings. The van der Waals surface area contributed by atoms with Crippen LogP contribution in [0.3, 0.4) is 0 Å². The predicted molar refractivity (Wildman–Crippen MR) is 66.2 cm³/mol. The van der Waals surface area contributed by atoms with Crippen LogP contribution in [-0.4, -0.2) is 13.2 Å². The van der Waals surface area contributed by atoms with Crippen molar-refractivity contribution in [2.75, 3.05) is 7.11 Å². The van der Waals surface area contributed by atoms with E-state index in [1.165, 1.54) is 24.0 Å². The summed E-state index contributed by atoms with van der Waals surface area (Å²) in [5.41, 5.74) is 2.59. The average Bonchev–Trinajstić information content (AvgIpc) is 3.12. The smallest absolute Gasteiger partial charge is 0.0713 e. The van der Waals surface area contributed by atoms with Crippen LogP contribution in [0.4, 0.5) is 0 Å². The summed E-state index contributed by atoms with van der Waals surface area (Å²) in [6.07, 6.45) is 2.81. The van der Waals surface area contributed by atoms with Gasteiger partial charge in [0.2, 0.25) is 0 Å². The fraction of sp³-hybridized carbons (Fsp3) is 0.571. The highest BCUT2D eigenvalue weighted by molar-refractivity contribution is 5.22. The van der Waals surface area contributed by atoms with Crippen LogP contribution >= 0.6 is 0 Å². The van der Waals surface area contributed by atoms with Gasteiger partial charge in [-0.15, -0.1) is 0 Å². The highest BCUT2D eigenvalue weighted by Gasteiger charge is 2.27. The Balaban J connectivity index is 1.79. The summed E-state index contributed by atoms with van der Waals surface area (Å²) in [6, 6.07) is 9.31. The Morgan fingerprint density at radius 3 is 2.44 bits per heavy atom. The number of hydrogen-bond donors (Lipinski definition) is 1. The second kappa shape index (κ2) is 5.46. The minimum absolute atomic E-state index is 0.665. The average molecular weight is 219 g/mol. The van der Waals surface area contributed by atoms with Crippen molar-refractivity contribution in [3.8, 4) is 0 Å². The van der Waals surface area contributed by atoms with Crippen LogP contribution < -0.4 is 5.32 Å². The fourth-order valence-corrected chi connectivity index (χ4v) is 1.96. The quantitative estimate of drug-likeness (QED) is 0.794. The monoisotopic (exact) mass is 219 g/mol. The summed E-state index contributed by atoms with van der Waals surface area (Å²) in [4.78, 5) is 0. The summed E-state index contributed by atoms with van der Waals surface area (Å²) < 4.78 is 5.09. The molecule has 2 rings (SSSR count). The van der Waals surface area contributed by atoms with Crippen molar-refractivity contribution >= 4 is 0 Å². The summed E-state index contributed by atoms with van der Waals surface area (Å²) >= 11 is 0. The maximum absolute atomic E-state index is 5.09. The first-order valence-corrected chi connectivity index (χ1v) is 6.09. The zero-order valence-electron chi connectivity index (χ0n) is 10.2. The van der Waals surface area contributed by atoms with E-state index in [1.54, 1.807) is 7.11 Å². The van der Waals surface area contributed by atoms with Gasteiger partial charge in [-0.3, -0.25) is 0 Å². The summed E-state index contributed by atoms with van der Waals surface area (Å²) in [5.74, 6) is 0.924. The number of methoxy groups -OCH3 is 1. The van der Waals surface area contributed by atoms with E-state index in [0.29, 0.717) is 12.6 Å². The lowest BCUT2D eigenvalue weighted by Gasteiger charge is -2.12. The molecule has 0 radical (unpaired) electrons. The van der Waals surface area contributed by atoms with Crippen LogP contribution in [-0.2, 0) is 17.9 Å². The molecule has 0 heterocycles. The topological polar surface area (TPSA) is 21.3 Å². The molecule has 1 N–H and O–H groups in total. The van der Waals surface area contributed by atoms with E-state index < -0.39 is 0 Å². The van der Waals surface area contributed by atoms with Gasteiger partial charge in [0.25, 0.3) is 0 Å². The highest BCUT2D eigenvalue weighted by Crippen LogP contribution is 2.32. The van der Waals surface area contributed by atoms with Crippen LogP contribution in [0.5, 0.6) is 0 Å². The summed E-state index contributed by atoms with van der Waals surface area (Å²) in [7, 11) is 1.73. The Morgan fingerprint density at radius 1 is 1.25 bits per heavy atom. The molecule has 2 heteroatoms. The molecule has 1 aromatic carbocycles. The molecule has 0 aromatic heterocycles. The van der Waals surface area contributed by atoms with Crippen LogP contribution in [0.1, 0.15) is 30.9 Å². The molecule has 0 aliphatic heterocycles. The van der Waals surface area contributed by atoms with Crippen molar-refractivity contribution in [1.29, 1.82) is 0 Å². The molecular weight excluding hydrogens is 198 g/mol. The van der Waals surface area contributed by atoms with Gasteiger partial charge in [0.15, 0.2) is 0 Å². The molecule has 88 valence electrons. The summed E-state index contributed by atoms with van der Waals surface area (Å²) in [5, 5.41) is 3.58. The van der Waals surface area contributed by atoms with Gasteiger partial charge in [-0.2, -0.15) is 0 Å². The van der Waals surface area contributed by atoms with Crippen molar-refractivity contribution in [3.05, 3.63) is 35.4 Å². The third kappa shape index (κ3) is 3.32. The normalized spacial score (nSPS) is 17.4. The van der Waals surface area contributed by atoms with Gasteiger partial charge in [0, 0.05) is 19.7 Å². The van der Waals surface area contributed by atoms with Gasteiger partial charge in [-0.05, 0) is 36.8 Å². The number of nitrogens with one attached hydrogen (secondary N) is 1. The Bertz CT molecular complexity index is 316. The third-order valence-corrected chi connectivity index (χ3v) is 3.29. The Morgan fingerprint density at radius 2 is 1.88 bits per heavy atom. The first-order chi connectivity index (χ1) is 7.79. The van der Waals surface area contributed by atoms with E-state index in [9.17, 15) is 0 Å². The van der Waals surface area contributed by atoms with Crippen LogP contribution in [0.15, 0.2) is 24.3 Å². The van der Waals surface area contributed by atoms with Crippen molar-refractivity contribution in [3.63, 3.8) is 0 Å².